The van der Waals surface area contributed by atoms with Crippen molar-refractivity contribution in [1.82, 2.24) is 9.46 Å². The van der Waals surface area contributed by atoms with Gasteiger partial charge in [0.15, 0.2) is 24.4 Å². The Balaban J connectivity index is 0.000000284. The van der Waals surface area contributed by atoms with Gasteiger partial charge in [-0.25, -0.2) is 0 Å². The summed E-state index contributed by atoms with van der Waals surface area (Å²) in [7, 11) is 0. The molecule has 0 saturated carbocycles. The molecule has 0 spiro atoms. The average Bonchev–Trinajstić information content (AvgIpc) is 2.28. The second-order valence-electron chi connectivity index (χ2n) is 2.81. The van der Waals surface area contributed by atoms with Crippen LogP contribution in [0.3, 0.4) is 0 Å². The van der Waals surface area contributed by atoms with Crippen molar-refractivity contribution in [3.8, 4) is 0 Å². The monoisotopic (exact) mass is 362 g/mol. The number of hydrogen-bond donors (Lipinski definition) is 2. The smallest absolute Gasteiger partial charge is 0.327 e. The maximum Gasteiger partial charge on any atom is 0.327 e. The van der Waals surface area contributed by atoms with Crippen LogP contribution in [-0.2, 0) is 44.9 Å². The largest absolute Gasteiger partial charge is 0.424 e. The molecule has 0 bridgehead atoms. The molecule has 4 nitrogen and oxygen atoms in total. The fourth-order valence-corrected chi connectivity index (χ4v) is 1.16. The quantitative estimate of drug-likeness (QED) is 0.242. The van der Waals surface area contributed by atoms with E-state index in [0.717, 1.165) is 9.46 Å². The Kier molecular flexibility index (Phi) is 7.67. The molecule has 0 unspecified atom stereocenters. The van der Waals surface area contributed by atoms with Gasteiger partial charge >= 0.3 is 9.28 Å². The topological polar surface area (TPSA) is 50.3 Å². The molecule has 0 fully saturated rings. The van der Waals surface area contributed by atoms with Gasteiger partial charge in [0.1, 0.15) is 0 Å². The molecule has 0 radical (unpaired) electrons. The van der Waals surface area contributed by atoms with Gasteiger partial charge in [0, 0.05) is 44.9 Å². The van der Waals surface area contributed by atoms with Crippen LogP contribution in [0.4, 0.5) is 0 Å². The van der Waals surface area contributed by atoms with Crippen molar-refractivity contribution in [2.45, 2.75) is 0 Å². The number of aromatic nitrogens is 2. The van der Waals surface area contributed by atoms with Crippen LogP contribution in [0.5, 0.6) is 0 Å². The molecule has 0 aliphatic heterocycles. The Morgan fingerprint density at radius 1 is 0.765 bits per heavy atom. The van der Waals surface area contributed by atoms with E-state index in [9.17, 15) is 0 Å². The summed E-state index contributed by atoms with van der Waals surface area (Å²) in [5.41, 5.74) is 0. The first kappa shape index (κ1) is 16.0. The molecule has 0 saturated heterocycles. The minimum Gasteiger partial charge on any atom is -0.424 e. The van der Waals surface area contributed by atoms with Crippen molar-refractivity contribution in [1.29, 1.82) is 0 Å². The zero-order valence-corrected chi connectivity index (χ0v) is 12.0. The summed E-state index contributed by atoms with van der Waals surface area (Å²) in [6.07, 6.45) is 3.03. The Hall–Kier alpha value is -0.998. The third-order valence-corrected chi connectivity index (χ3v) is 2.34. The number of nitrogens with zero attached hydrogens (tertiary/aromatic N) is 2. The van der Waals surface area contributed by atoms with Crippen LogP contribution in [-0.4, -0.2) is 19.9 Å². The fraction of sp³-hybridized carbons (Fsp3) is 0. The molecule has 2 aromatic rings. The van der Waals surface area contributed by atoms with E-state index < -0.39 is 0 Å². The first-order valence-corrected chi connectivity index (χ1v) is 5.28. The van der Waals surface area contributed by atoms with Crippen LogP contribution in [0.25, 0.3) is 0 Å². The first-order chi connectivity index (χ1) is 7.61. The summed E-state index contributed by atoms with van der Waals surface area (Å²) in [4.78, 5) is 0. The van der Waals surface area contributed by atoms with Crippen LogP contribution >= 0.6 is 0 Å². The molecule has 94 valence electrons. The van der Waals surface area contributed by atoms with E-state index in [0.29, 0.717) is 9.28 Å². The van der Waals surface area contributed by atoms with Crippen molar-refractivity contribution in [3.63, 3.8) is 0 Å². The Labute approximate surface area is 122 Å². The van der Waals surface area contributed by atoms with Gasteiger partial charge in [0.2, 0.25) is 0 Å². The summed E-state index contributed by atoms with van der Waals surface area (Å²) >= 11 is 7.82. The van der Waals surface area contributed by atoms with E-state index in [-0.39, 0.29) is 20.4 Å². The minimum absolute atomic E-state index is 0. The van der Waals surface area contributed by atoms with E-state index in [1.165, 1.54) is 12.4 Å². The molecule has 7 heteroatoms. The Bertz CT molecular complexity index is 517. The molecule has 0 aromatic carbocycles. The number of thiol groups is 2. The number of pyridine rings is 2. The van der Waals surface area contributed by atoms with Crippen molar-refractivity contribution in [2.75, 3.05) is 0 Å². The Morgan fingerprint density at radius 2 is 1.12 bits per heavy atom. The maximum atomic E-state index is 8.76. The van der Waals surface area contributed by atoms with Gasteiger partial charge in [-0.2, -0.15) is 0 Å². The standard InChI is InChI=1S/2C5H5NOS.Pd/c2*7-6-4-2-1-3-5(6)8;/h2*1-4,7H;/p+2. The van der Waals surface area contributed by atoms with Crippen LogP contribution in [0.1, 0.15) is 0 Å². The van der Waals surface area contributed by atoms with Gasteiger partial charge in [-0.3, -0.25) is 0 Å². The van der Waals surface area contributed by atoms with Crippen molar-refractivity contribution in [2.24, 2.45) is 0 Å². The van der Waals surface area contributed by atoms with Crippen molar-refractivity contribution >= 4 is 24.4 Å². The average molecular weight is 363 g/mol. The van der Waals surface area contributed by atoms with Crippen LogP contribution in [0.15, 0.2) is 48.8 Å². The van der Waals surface area contributed by atoms with Crippen LogP contribution in [0, 0.1) is 9.28 Å². The molecule has 17 heavy (non-hydrogen) atoms. The van der Waals surface area contributed by atoms with Gasteiger partial charge in [0.05, 0.1) is 0 Å². The molecular formula is C10H12N2O2PdS2+2. The van der Waals surface area contributed by atoms with E-state index in [1.807, 2.05) is 0 Å². The van der Waals surface area contributed by atoms with Crippen molar-refractivity contribution in [3.05, 3.63) is 58.1 Å². The molecule has 2 N–H and O–H groups in total. The van der Waals surface area contributed by atoms with E-state index in [1.54, 1.807) is 36.4 Å². The molecule has 0 aliphatic rings. The third-order valence-electron chi connectivity index (χ3n) is 1.64. The zero-order valence-electron chi connectivity index (χ0n) is 8.62. The molecule has 2 rings (SSSR count). The molecule has 2 aromatic heterocycles. The zero-order chi connectivity index (χ0) is 12.0. The predicted molar refractivity (Wildman–Crippen MR) is 67.2 cm³/mol. The van der Waals surface area contributed by atoms with E-state index >= 15 is 0 Å². The second kappa shape index (κ2) is 8.15. The Morgan fingerprint density at radius 3 is 1.29 bits per heavy atom. The molecule has 0 amide bonds. The summed E-state index contributed by atoms with van der Waals surface area (Å²) in [6, 6.07) is 10.4. The normalized spacial score (nSPS) is 8.47. The summed E-state index contributed by atoms with van der Waals surface area (Å²) in [6.45, 7) is 0. The molecule has 0 atom stereocenters. The molecule has 2 heterocycles. The summed E-state index contributed by atoms with van der Waals surface area (Å²) in [5.74, 6) is 0. The van der Waals surface area contributed by atoms with Crippen LogP contribution < -0.4 is 0 Å². The summed E-state index contributed by atoms with van der Waals surface area (Å²) in [5, 5.41) is 17.5. The van der Waals surface area contributed by atoms with Crippen molar-refractivity contribution < 1.29 is 30.8 Å². The number of hydrogen-bond acceptors (Lipinski definition) is 2. The fourth-order valence-electron chi connectivity index (χ4n) is 0.851. The molecule has 0 aliphatic carbocycles. The summed E-state index contributed by atoms with van der Waals surface area (Å²) < 4.78 is 2.96. The van der Waals surface area contributed by atoms with Gasteiger partial charge < -0.3 is 10.4 Å². The first-order valence-electron chi connectivity index (χ1n) is 4.39. The predicted octanol–water partition coefficient (Wildman–Crippen LogP) is 1.07. The van der Waals surface area contributed by atoms with Gasteiger partial charge in [-0.1, -0.05) is 12.1 Å². The second-order valence-corrected chi connectivity index (χ2v) is 3.72. The van der Waals surface area contributed by atoms with Gasteiger partial charge in [-0.15, -0.1) is 9.46 Å². The van der Waals surface area contributed by atoms with Gasteiger partial charge in [-0.05, 0) is 12.1 Å². The molecular weight excluding hydrogens is 351 g/mol. The SMILES string of the molecule is On1ccccc1=[SH+].On1ccccc1=[SH+].[Pd]. The van der Waals surface area contributed by atoms with Crippen LogP contribution in [0.2, 0.25) is 0 Å². The number of rotatable bonds is 0. The third kappa shape index (κ3) is 5.75. The van der Waals surface area contributed by atoms with Gasteiger partial charge in [0.25, 0.3) is 0 Å². The van der Waals surface area contributed by atoms with E-state index in [2.05, 4.69) is 24.4 Å². The minimum atomic E-state index is 0. The van der Waals surface area contributed by atoms with E-state index in [4.69, 9.17) is 10.4 Å². The maximum absolute atomic E-state index is 8.76.